The molecule has 0 bridgehead atoms. The zero-order valence-corrected chi connectivity index (χ0v) is 29.9. The third kappa shape index (κ3) is 5.12. The van der Waals surface area contributed by atoms with Crippen LogP contribution >= 0.6 is 11.3 Å². The molecule has 0 saturated carbocycles. The van der Waals surface area contributed by atoms with Gasteiger partial charge in [0.25, 0.3) is 0 Å². The molecule has 1 aromatic heterocycles. The van der Waals surface area contributed by atoms with Gasteiger partial charge in [0.15, 0.2) is 0 Å². The number of hydrogen-bond acceptors (Lipinski definition) is 3. The Bertz CT molecular complexity index is 2700. The van der Waals surface area contributed by atoms with E-state index in [1.807, 2.05) is 11.3 Å². The largest absolute Gasteiger partial charge is 0.340 e. The molecule has 0 radical (unpaired) electrons. The molecule has 52 heavy (non-hydrogen) atoms. The van der Waals surface area contributed by atoms with Crippen molar-refractivity contribution in [1.82, 2.24) is 5.32 Å². The molecule has 0 saturated heterocycles. The topological polar surface area (TPSA) is 24.4 Å². The van der Waals surface area contributed by atoms with Crippen LogP contribution in [-0.2, 0) is 5.41 Å². The molecular formula is C49H36N2S. The van der Waals surface area contributed by atoms with Crippen molar-refractivity contribution < 1.29 is 0 Å². The first-order chi connectivity index (χ1) is 25.5. The van der Waals surface area contributed by atoms with Crippen LogP contribution in [0.3, 0.4) is 0 Å². The number of thiophene rings is 1. The lowest BCUT2D eigenvalue weighted by molar-refractivity contribution is 0.661. The van der Waals surface area contributed by atoms with Gasteiger partial charge >= 0.3 is 0 Å². The average molecular weight is 685 g/mol. The van der Waals surface area contributed by atoms with Crippen molar-refractivity contribution in [2.75, 3.05) is 0 Å². The highest BCUT2D eigenvalue weighted by atomic mass is 32.1. The van der Waals surface area contributed by atoms with Gasteiger partial charge < -0.3 is 5.32 Å². The molecule has 2 nitrogen and oxygen atoms in total. The molecule has 2 heterocycles. The summed E-state index contributed by atoms with van der Waals surface area (Å²) in [7, 11) is 0. The average Bonchev–Trinajstić information content (AvgIpc) is 3.74. The zero-order valence-electron chi connectivity index (χ0n) is 29.1. The van der Waals surface area contributed by atoms with Crippen LogP contribution in [0.5, 0.6) is 0 Å². The first kappa shape index (κ1) is 30.8. The molecule has 7 aromatic carbocycles. The second kappa shape index (κ2) is 12.0. The number of aliphatic imine (C=N–C) groups is 1. The van der Waals surface area contributed by atoms with Crippen molar-refractivity contribution in [1.29, 1.82) is 0 Å². The highest BCUT2D eigenvalue weighted by Crippen LogP contribution is 2.53. The van der Waals surface area contributed by atoms with Gasteiger partial charge in [-0.15, -0.1) is 11.3 Å². The van der Waals surface area contributed by atoms with Crippen LogP contribution in [0.4, 0.5) is 0 Å². The van der Waals surface area contributed by atoms with E-state index in [2.05, 4.69) is 189 Å². The van der Waals surface area contributed by atoms with Crippen LogP contribution in [0.2, 0.25) is 0 Å². The van der Waals surface area contributed by atoms with E-state index in [1.165, 1.54) is 70.2 Å². The number of rotatable bonds is 5. The molecule has 8 aromatic rings. The quantitative estimate of drug-likeness (QED) is 0.192. The van der Waals surface area contributed by atoms with Gasteiger partial charge in [0, 0.05) is 26.3 Å². The molecule has 248 valence electrons. The van der Waals surface area contributed by atoms with E-state index in [9.17, 15) is 0 Å². The first-order valence-corrected chi connectivity index (χ1v) is 18.8. The third-order valence-corrected chi connectivity index (χ3v) is 12.1. The minimum atomic E-state index is -0.131. The Labute approximate surface area is 308 Å². The van der Waals surface area contributed by atoms with E-state index in [0.717, 1.165) is 22.7 Å². The monoisotopic (exact) mass is 684 g/mol. The van der Waals surface area contributed by atoms with Gasteiger partial charge in [-0.1, -0.05) is 147 Å². The van der Waals surface area contributed by atoms with Gasteiger partial charge in [-0.25, -0.2) is 0 Å². The number of benzene rings is 7. The molecule has 1 N–H and O–H groups in total. The molecule has 1 aliphatic heterocycles. The van der Waals surface area contributed by atoms with Crippen LogP contribution in [0.25, 0.3) is 59.3 Å². The Morgan fingerprint density at radius 3 is 2.04 bits per heavy atom. The Hall–Kier alpha value is -6.03. The SMILES string of the molecule is CC1(C)c2cc3ccccc3cc2-c2c(-c3cccc(C4=CC(c5ccc(-c6cc7ccccc7s6)cc5)N=C(c5ccccc5)N4)c3)cccc21. The smallest absolute Gasteiger partial charge is 0.133 e. The van der Waals surface area contributed by atoms with Crippen LogP contribution in [0.15, 0.2) is 175 Å². The lowest BCUT2D eigenvalue weighted by atomic mass is 9.81. The lowest BCUT2D eigenvalue weighted by Crippen LogP contribution is -2.27. The molecule has 10 rings (SSSR count). The van der Waals surface area contributed by atoms with E-state index >= 15 is 0 Å². The third-order valence-electron chi connectivity index (χ3n) is 10.9. The van der Waals surface area contributed by atoms with Crippen molar-refractivity contribution in [3.8, 4) is 32.7 Å². The Morgan fingerprint density at radius 2 is 1.23 bits per heavy atom. The molecule has 1 unspecified atom stereocenters. The Kier molecular flexibility index (Phi) is 7.12. The summed E-state index contributed by atoms with van der Waals surface area (Å²) in [6.07, 6.45) is 2.28. The summed E-state index contributed by atoms with van der Waals surface area (Å²) in [6.45, 7) is 4.73. The molecule has 1 aliphatic carbocycles. The number of nitrogens with one attached hydrogen (secondary N) is 1. The fraction of sp³-hybridized carbons (Fsp3) is 0.0816. The van der Waals surface area contributed by atoms with E-state index in [4.69, 9.17) is 4.99 Å². The Balaban J connectivity index is 1.05. The van der Waals surface area contributed by atoms with Crippen molar-refractivity contribution in [3.63, 3.8) is 0 Å². The standard InChI is InChI=1S/C49H36N2S/c1-49(2)41-20-11-19-39(47(41)40-27-34-14-6-7-15-35(34)28-42(40)49)36-17-10-18-37(26-36)44-30-43(50-48(51-44)33-12-4-3-5-13-33)31-22-24-32(25-23-31)46-29-38-16-8-9-21-45(38)52-46/h3-30,43H,1-2H3,(H,50,51). The summed E-state index contributed by atoms with van der Waals surface area (Å²) in [5.74, 6) is 0.880. The van der Waals surface area contributed by atoms with Crippen molar-refractivity contribution in [3.05, 3.63) is 198 Å². The fourth-order valence-corrected chi connectivity index (χ4v) is 9.22. The normalized spacial score (nSPS) is 15.8. The summed E-state index contributed by atoms with van der Waals surface area (Å²) in [4.78, 5) is 6.54. The van der Waals surface area contributed by atoms with Gasteiger partial charge in [0.1, 0.15) is 5.84 Å². The number of amidine groups is 1. The fourth-order valence-electron chi connectivity index (χ4n) is 8.15. The van der Waals surface area contributed by atoms with E-state index in [1.54, 1.807) is 0 Å². The molecule has 0 spiro atoms. The summed E-state index contributed by atoms with van der Waals surface area (Å²) < 4.78 is 1.31. The molecule has 0 amide bonds. The number of nitrogens with zero attached hydrogens (tertiary/aromatic N) is 1. The van der Waals surface area contributed by atoms with Gasteiger partial charge in [-0.3, -0.25) is 4.99 Å². The molecule has 0 fully saturated rings. The first-order valence-electron chi connectivity index (χ1n) is 18.0. The Morgan fingerprint density at radius 1 is 0.538 bits per heavy atom. The predicted octanol–water partition coefficient (Wildman–Crippen LogP) is 12.8. The summed E-state index contributed by atoms with van der Waals surface area (Å²) in [5.41, 5.74) is 13.5. The van der Waals surface area contributed by atoms with Gasteiger partial charge in [-0.2, -0.15) is 0 Å². The van der Waals surface area contributed by atoms with Gasteiger partial charge in [0.2, 0.25) is 0 Å². The second-order valence-corrected chi connectivity index (χ2v) is 15.5. The second-order valence-electron chi connectivity index (χ2n) is 14.4. The summed E-state index contributed by atoms with van der Waals surface area (Å²) >= 11 is 1.84. The van der Waals surface area contributed by atoms with E-state index < -0.39 is 0 Å². The van der Waals surface area contributed by atoms with Crippen LogP contribution < -0.4 is 5.32 Å². The predicted molar refractivity (Wildman–Crippen MR) is 221 cm³/mol. The number of fused-ring (bicyclic) bond motifs is 5. The minimum Gasteiger partial charge on any atom is -0.340 e. The highest BCUT2D eigenvalue weighted by molar-refractivity contribution is 7.22. The van der Waals surface area contributed by atoms with Gasteiger partial charge in [0.05, 0.1) is 6.04 Å². The molecule has 3 heteroatoms. The zero-order chi connectivity index (χ0) is 34.8. The van der Waals surface area contributed by atoms with E-state index in [0.29, 0.717) is 0 Å². The van der Waals surface area contributed by atoms with Crippen molar-refractivity contribution in [2.45, 2.75) is 25.3 Å². The summed E-state index contributed by atoms with van der Waals surface area (Å²) in [5, 5.41) is 7.59. The van der Waals surface area contributed by atoms with Gasteiger partial charge in [-0.05, 0) is 103 Å². The van der Waals surface area contributed by atoms with Crippen LogP contribution in [0.1, 0.15) is 47.7 Å². The maximum absolute atomic E-state index is 5.26. The number of hydrogen-bond donors (Lipinski definition) is 1. The minimum absolute atomic E-state index is 0.0867. The van der Waals surface area contributed by atoms with E-state index in [-0.39, 0.29) is 11.5 Å². The maximum Gasteiger partial charge on any atom is 0.133 e. The maximum atomic E-state index is 5.26. The van der Waals surface area contributed by atoms with Crippen LogP contribution in [-0.4, -0.2) is 5.84 Å². The summed E-state index contributed by atoms with van der Waals surface area (Å²) in [6, 6.07) is 59.5. The van der Waals surface area contributed by atoms with Crippen molar-refractivity contribution in [2.24, 2.45) is 4.99 Å². The molecule has 2 aliphatic rings. The van der Waals surface area contributed by atoms with Crippen LogP contribution in [0, 0.1) is 0 Å². The highest BCUT2D eigenvalue weighted by Gasteiger charge is 2.37. The molecule has 1 atom stereocenters. The van der Waals surface area contributed by atoms with Crippen molar-refractivity contribution >= 4 is 43.7 Å². The lowest BCUT2D eigenvalue weighted by Gasteiger charge is -2.24. The molecular weight excluding hydrogens is 649 g/mol.